The Morgan fingerprint density at radius 1 is 1.68 bits per heavy atom. The molecule has 7 nitrogen and oxygen atoms in total. The Balaban J connectivity index is 2.42. The number of rotatable bonds is 3. The Morgan fingerprint density at radius 2 is 2.37 bits per heavy atom. The van der Waals surface area contributed by atoms with Crippen LogP contribution in [-0.2, 0) is 9.47 Å². The van der Waals surface area contributed by atoms with Gasteiger partial charge in [-0.3, -0.25) is 14.3 Å². The van der Waals surface area contributed by atoms with Crippen molar-refractivity contribution in [2.24, 2.45) is 0 Å². The number of nitrogens with zero attached hydrogens (tertiary/aromatic N) is 1. The van der Waals surface area contributed by atoms with E-state index in [1.807, 2.05) is 27.6 Å². The fraction of sp³-hybridized carbons (Fsp3) is 0.600. The highest BCUT2D eigenvalue weighted by Gasteiger charge is 2.56. The number of aromatic nitrogens is 2. The van der Waals surface area contributed by atoms with E-state index in [-0.39, 0.29) is 4.43 Å². The molecule has 0 radical (unpaired) electrons. The van der Waals surface area contributed by atoms with Crippen molar-refractivity contribution in [2.75, 3.05) is 11.5 Å². The van der Waals surface area contributed by atoms with E-state index < -0.39 is 35.5 Å². The molecule has 0 aliphatic carbocycles. The summed E-state index contributed by atoms with van der Waals surface area (Å²) in [5.74, 6) is -1.51. The number of methoxy groups -OCH3 is 1. The van der Waals surface area contributed by atoms with Crippen LogP contribution in [0.25, 0.3) is 0 Å². The third-order valence-corrected chi connectivity index (χ3v) is 4.07. The van der Waals surface area contributed by atoms with Gasteiger partial charge in [-0.2, -0.15) is 0 Å². The molecular formula is C10H12FIN2O5. The number of alkyl halides is 2. The first-order valence-corrected chi connectivity index (χ1v) is 6.90. The van der Waals surface area contributed by atoms with E-state index in [2.05, 4.69) is 0 Å². The second-order valence-electron chi connectivity index (χ2n) is 4.06. The Labute approximate surface area is 120 Å². The minimum atomic E-state index is -1.85. The minimum Gasteiger partial charge on any atom is -0.384 e. The maximum atomic E-state index is 14.1. The average Bonchev–Trinajstić information content (AvgIpc) is 2.64. The molecule has 1 saturated heterocycles. The van der Waals surface area contributed by atoms with Gasteiger partial charge >= 0.3 is 5.69 Å². The predicted octanol–water partition coefficient (Wildman–Crippen LogP) is -0.458. The lowest BCUT2D eigenvalue weighted by Gasteiger charge is -2.27. The van der Waals surface area contributed by atoms with Crippen molar-refractivity contribution in [3.8, 4) is 0 Å². The van der Waals surface area contributed by atoms with Crippen LogP contribution in [0, 0.1) is 0 Å². The molecule has 1 aliphatic rings. The topological polar surface area (TPSA) is 93.5 Å². The number of nitrogens with one attached hydrogen (secondary N) is 1. The molecule has 2 heterocycles. The highest BCUT2D eigenvalue weighted by molar-refractivity contribution is 14.1. The normalized spacial score (nSPS) is 34.6. The molecule has 106 valence electrons. The molecule has 1 aliphatic heterocycles. The van der Waals surface area contributed by atoms with Crippen LogP contribution in [0.1, 0.15) is 6.23 Å². The van der Waals surface area contributed by atoms with Crippen molar-refractivity contribution in [1.82, 2.24) is 9.55 Å². The fourth-order valence-electron chi connectivity index (χ4n) is 1.91. The number of aliphatic hydroxyl groups is 1. The number of hydrogen-bond acceptors (Lipinski definition) is 5. The summed E-state index contributed by atoms with van der Waals surface area (Å²) in [5, 5.41) is 9.87. The molecule has 1 fully saturated rings. The molecule has 0 unspecified atom stereocenters. The SMILES string of the molecule is CO[C@]1(CI)O[C@@H](n2ccc(=O)[nH]c2=O)[C@H](F)[C@@H]1O. The fourth-order valence-corrected chi connectivity index (χ4v) is 2.85. The van der Waals surface area contributed by atoms with E-state index in [0.717, 1.165) is 16.8 Å². The van der Waals surface area contributed by atoms with Crippen molar-refractivity contribution in [1.29, 1.82) is 0 Å². The number of aliphatic hydroxyl groups excluding tert-OH is 1. The first kappa shape index (κ1) is 14.6. The van der Waals surface area contributed by atoms with Crippen LogP contribution in [0.2, 0.25) is 0 Å². The van der Waals surface area contributed by atoms with Gasteiger partial charge in [-0.15, -0.1) is 0 Å². The van der Waals surface area contributed by atoms with Crippen LogP contribution in [0.3, 0.4) is 0 Å². The standard InChI is InChI=1S/C10H12FIN2O5/c1-18-10(4-12)7(16)6(11)8(19-10)14-3-2-5(15)13-9(14)17/h2-3,6-8,16H,4H2,1H3,(H,13,15,17)/t6-,7+,8-,10-/m1/s1. The van der Waals surface area contributed by atoms with Gasteiger partial charge in [0.2, 0.25) is 5.79 Å². The highest BCUT2D eigenvalue weighted by Crippen LogP contribution is 2.39. The summed E-state index contributed by atoms with van der Waals surface area (Å²) < 4.78 is 25.6. The summed E-state index contributed by atoms with van der Waals surface area (Å²) in [7, 11) is 1.28. The van der Waals surface area contributed by atoms with E-state index >= 15 is 0 Å². The summed E-state index contributed by atoms with van der Waals surface area (Å²) in [5.41, 5.74) is -1.41. The molecule has 2 rings (SSSR count). The smallest absolute Gasteiger partial charge is 0.330 e. The van der Waals surface area contributed by atoms with Gasteiger partial charge in [0.1, 0.15) is 6.10 Å². The third kappa shape index (κ3) is 2.35. The summed E-state index contributed by atoms with van der Waals surface area (Å²) in [6, 6.07) is 1.07. The Bertz CT molecular complexity index is 570. The lowest BCUT2D eigenvalue weighted by Crippen LogP contribution is -2.45. The molecule has 0 bridgehead atoms. The highest BCUT2D eigenvalue weighted by atomic mass is 127. The zero-order chi connectivity index (χ0) is 14.2. The van der Waals surface area contributed by atoms with Crippen LogP contribution in [0.5, 0.6) is 0 Å². The molecular weight excluding hydrogens is 374 g/mol. The number of H-pyrrole nitrogens is 1. The summed E-state index contributed by atoms with van der Waals surface area (Å²) in [6.45, 7) is 0. The first-order chi connectivity index (χ1) is 8.95. The van der Waals surface area contributed by atoms with Crippen LogP contribution in [0.15, 0.2) is 21.9 Å². The van der Waals surface area contributed by atoms with Gasteiger partial charge in [0.05, 0.1) is 4.43 Å². The molecule has 9 heteroatoms. The van der Waals surface area contributed by atoms with Crippen molar-refractivity contribution >= 4 is 22.6 Å². The van der Waals surface area contributed by atoms with E-state index in [9.17, 15) is 19.1 Å². The van der Waals surface area contributed by atoms with Crippen molar-refractivity contribution in [3.63, 3.8) is 0 Å². The maximum absolute atomic E-state index is 14.1. The van der Waals surface area contributed by atoms with Crippen LogP contribution in [0.4, 0.5) is 4.39 Å². The van der Waals surface area contributed by atoms with Gasteiger partial charge in [-0.05, 0) is 0 Å². The number of hydrogen-bond donors (Lipinski definition) is 2. The third-order valence-electron chi connectivity index (χ3n) is 3.00. The quantitative estimate of drug-likeness (QED) is 0.542. The summed E-state index contributed by atoms with van der Waals surface area (Å²) in [4.78, 5) is 24.6. The molecule has 2 N–H and O–H groups in total. The predicted molar refractivity (Wildman–Crippen MR) is 71.0 cm³/mol. The molecule has 1 aromatic rings. The van der Waals surface area contributed by atoms with Crippen molar-refractivity contribution in [3.05, 3.63) is 33.1 Å². The number of aromatic amines is 1. The molecule has 4 atom stereocenters. The van der Waals surface area contributed by atoms with Gasteiger partial charge in [0.15, 0.2) is 12.4 Å². The lowest BCUT2D eigenvalue weighted by atomic mass is 10.1. The molecule has 0 amide bonds. The van der Waals surface area contributed by atoms with Crippen LogP contribution in [-0.4, -0.2) is 44.3 Å². The second-order valence-corrected chi connectivity index (χ2v) is 4.83. The van der Waals surface area contributed by atoms with Crippen LogP contribution >= 0.6 is 22.6 Å². The van der Waals surface area contributed by atoms with Gasteiger partial charge in [0, 0.05) is 19.4 Å². The zero-order valence-corrected chi connectivity index (χ0v) is 12.0. The second kappa shape index (κ2) is 5.31. The average molecular weight is 386 g/mol. The number of halogens is 2. The van der Waals surface area contributed by atoms with Gasteiger partial charge < -0.3 is 14.6 Å². The van der Waals surface area contributed by atoms with Crippen molar-refractivity contribution < 1.29 is 19.0 Å². The summed E-state index contributed by atoms with van der Waals surface area (Å²) in [6.07, 6.45) is -3.62. The van der Waals surface area contributed by atoms with Gasteiger partial charge in [-0.25, -0.2) is 9.18 Å². The maximum Gasteiger partial charge on any atom is 0.330 e. The Morgan fingerprint density at radius 3 is 2.84 bits per heavy atom. The lowest BCUT2D eigenvalue weighted by molar-refractivity contribution is -0.237. The minimum absolute atomic E-state index is 0.178. The largest absolute Gasteiger partial charge is 0.384 e. The molecule has 1 aromatic heterocycles. The van der Waals surface area contributed by atoms with Gasteiger partial charge in [0.25, 0.3) is 5.56 Å². The summed E-state index contributed by atoms with van der Waals surface area (Å²) >= 11 is 1.89. The molecule has 19 heavy (non-hydrogen) atoms. The zero-order valence-electron chi connectivity index (χ0n) is 9.88. The first-order valence-electron chi connectivity index (χ1n) is 5.38. The van der Waals surface area contributed by atoms with E-state index in [4.69, 9.17) is 9.47 Å². The Kier molecular flexibility index (Phi) is 4.08. The molecule has 0 saturated carbocycles. The molecule has 0 spiro atoms. The molecule has 0 aromatic carbocycles. The van der Waals surface area contributed by atoms with Crippen molar-refractivity contribution in [2.45, 2.75) is 24.3 Å². The van der Waals surface area contributed by atoms with E-state index in [0.29, 0.717) is 0 Å². The van der Waals surface area contributed by atoms with E-state index in [1.54, 1.807) is 0 Å². The monoisotopic (exact) mass is 386 g/mol. The number of ether oxygens (including phenoxy) is 2. The van der Waals surface area contributed by atoms with E-state index in [1.165, 1.54) is 7.11 Å². The van der Waals surface area contributed by atoms with Crippen LogP contribution < -0.4 is 11.2 Å². The Hall–Kier alpha value is -0.780. The van der Waals surface area contributed by atoms with Gasteiger partial charge in [-0.1, -0.05) is 22.6 Å².